The summed E-state index contributed by atoms with van der Waals surface area (Å²) < 4.78 is 34.9. The van der Waals surface area contributed by atoms with Gasteiger partial charge in [-0.3, -0.25) is 0 Å². The highest BCUT2D eigenvalue weighted by atomic mass is 32.2. The molecule has 0 aliphatic heterocycles. The van der Waals surface area contributed by atoms with E-state index < -0.39 is 10.0 Å². The Morgan fingerprint density at radius 2 is 1.79 bits per heavy atom. The van der Waals surface area contributed by atoms with E-state index in [1.54, 1.807) is 14.2 Å². The molecule has 6 heteroatoms. The molecule has 0 spiro atoms. The van der Waals surface area contributed by atoms with Gasteiger partial charge in [-0.1, -0.05) is 12.1 Å². The molecule has 1 rings (SSSR count). The first-order valence-electron chi connectivity index (χ1n) is 6.05. The molecule has 0 radical (unpaired) electrons. The van der Waals surface area contributed by atoms with E-state index in [2.05, 4.69) is 0 Å². The summed E-state index contributed by atoms with van der Waals surface area (Å²) in [6.45, 7) is 0.674. The van der Waals surface area contributed by atoms with Crippen LogP contribution in [0.25, 0.3) is 0 Å². The second kappa shape index (κ2) is 7.47. The first-order chi connectivity index (χ1) is 8.99. The molecule has 0 saturated carbocycles. The van der Waals surface area contributed by atoms with E-state index in [0.29, 0.717) is 13.0 Å². The Labute approximate surface area is 115 Å². The first kappa shape index (κ1) is 15.9. The summed E-state index contributed by atoms with van der Waals surface area (Å²) >= 11 is 0. The molecule has 0 bridgehead atoms. The van der Waals surface area contributed by atoms with Crippen molar-refractivity contribution >= 4 is 10.0 Å². The maximum Gasteiger partial charge on any atom is 0.216 e. The van der Waals surface area contributed by atoms with Gasteiger partial charge in [-0.25, -0.2) is 12.7 Å². The summed E-state index contributed by atoms with van der Waals surface area (Å²) in [7, 11) is 1.48. The number of likely N-dealkylation sites (N-methyl/N-ethyl adjacent to an activating group) is 1. The summed E-state index contributed by atoms with van der Waals surface area (Å²) in [6.07, 6.45) is 0.673. The standard InChI is InChI=1S/C13H21NO4S/c1-14(19(15,16)11-10-17-2)9-8-12-4-6-13(18-3)7-5-12/h4-7H,8-11H2,1-3H3. The SMILES string of the molecule is COCCS(=O)(=O)N(C)CCc1ccc(OC)cc1. The molecule has 0 N–H and O–H groups in total. The molecule has 19 heavy (non-hydrogen) atoms. The molecule has 0 aliphatic carbocycles. The minimum atomic E-state index is -3.22. The third-order valence-corrected chi connectivity index (χ3v) is 4.71. The van der Waals surface area contributed by atoms with Gasteiger partial charge in [0.1, 0.15) is 5.75 Å². The van der Waals surface area contributed by atoms with Gasteiger partial charge in [0.05, 0.1) is 19.5 Å². The van der Waals surface area contributed by atoms with Crippen molar-refractivity contribution < 1.29 is 17.9 Å². The van der Waals surface area contributed by atoms with E-state index in [-0.39, 0.29) is 12.4 Å². The topological polar surface area (TPSA) is 55.8 Å². The van der Waals surface area contributed by atoms with Crippen LogP contribution in [0.5, 0.6) is 5.75 Å². The molecule has 0 aliphatic rings. The summed E-state index contributed by atoms with van der Waals surface area (Å²) in [4.78, 5) is 0. The Morgan fingerprint density at radius 1 is 1.16 bits per heavy atom. The zero-order valence-corrected chi connectivity index (χ0v) is 12.4. The number of sulfonamides is 1. The Balaban J connectivity index is 2.51. The number of rotatable bonds is 8. The first-order valence-corrected chi connectivity index (χ1v) is 7.66. The van der Waals surface area contributed by atoms with Crippen LogP contribution < -0.4 is 4.74 Å². The van der Waals surface area contributed by atoms with Gasteiger partial charge in [0.2, 0.25) is 10.0 Å². The minimum Gasteiger partial charge on any atom is -0.497 e. The molecular formula is C13H21NO4S. The number of hydrogen-bond acceptors (Lipinski definition) is 4. The Morgan fingerprint density at radius 3 is 2.32 bits per heavy atom. The quantitative estimate of drug-likeness (QED) is 0.719. The van der Waals surface area contributed by atoms with Crippen LogP contribution in [0.15, 0.2) is 24.3 Å². The van der Waals surface area contributed by atoms with Crippen LogP contribution in [0.1, 0.15) is 5.56 Å². The molecule has 0 saturated heterocycles. The average Bonchev–Trinajstić information content (AvgIpc) is 2.43. The smallest absolute Gasteiger partial charge is 0.216 e. The van der Waals surface area contributed by atoms with Crippen LogP contribution in [0.3, 0.4) is 0 Å². The Bertz CT molecular complexity index is 470. The number of methoxy groups -OCH3 is 2. The van der Waals surface area contributed by atoms with Crippen LogP contribution in [-0.4, -0.2) is 52.9 Å². The predicted octanol–water partition coefficient (Wildman–Crippen LogP) is 1.15. The molecule has 0 unspecified atom stereocenters. The molecular weight excluding hydrogens is 266 g/mol. The predicted molar refractivity (Wildman–Crippen MR) is 75.0 cm³/mol. The lowest BCUT2D eigenvalue weighted by molar-refractivity contribution is 0.216. The van der Waals surface area contributed by atoms with Crippen LogP contribution in [0, 0.1) is 0 Å². The zero-order valence-electron chi connectivity index (χ0n) is 11.6. The highest BCUT2D eigenvalue weighted by Crippen LogP contribution is 2.12. The molecule has 0 amide bonds. The van der Waals surface area contributed by atoms with Crippen LogP contribution in [-0.2, 0) is 21.2 Å². The van der Waals surface area contributed by atoms with E-state index in [1.807, 2.05) is 24.3 Å². The zero-order chi connectivity index (χ0) is 14.3. The third kappa shape index (κ3) is 5.18. The van der Waals surface area contributed by atoms with Gasteiger partial charge < -0.3 is 9.47 Å². The largest absolute Gasteiger partial charge is 0.497 e. The van der Waals surface area contributed by atoms with Gasteiger partial charge in [0, 0.05) is 20.7 Å². The van der Waals surface area contributed by atoms with Crippen molar-refractivity contribution in [1.29, 1.82) is 0 Å². The van der Waals surface area contributed by atoms with E-state index >= 15 is 0 Å². The number of ether oxygens (including phenoxy) is 2. The van der Waals surface area contributed by atoms with Crippen LogP contribution in [0.4, 0.5) is 0 Å². The highest BCUT2D eigenvalue weighted by molar-refractivity contribution is 7.89. The molecule has 0 fully saturated rings. The van der Waals surface area contributed by atoms with Gasteiger partial charge in [-0.05, 0) is 24.1 Å². The number of hydrogen-bond donors (Lipinski definition) is 0. The van der Waals surface area contributed by atoms with E-state index in [9.17, 15) is 8.42 Å². The number of nitrogens with zero attached hydrogens (tertiary/aromatic N) is 1. The van der Waals surface area contributed by atoms with Crippen molar-refractivity contribution in [2.45, 2.75) is 6.42 Å². The molecule has 0 aromatic heterocycles. The average molecular weight is 287 g/mol. The summed E-state index contributed by atoms with van der Waals surface area (Å²) in [5.41, 5.74) is 1.08. The normalized spacial score (nSPS) is 11.8. The lowest BCUT2D eigenvalue weighted by Crippen LogP contribution is -2.32. The lowest BCUT2D eigenvalue weighted by atomic mass is 10.1. The van der Waals surface area contributed by atoms with Gasteiger partial charge >= 0.3 is 0 Å². The molecule has 1 aromatic carbocycles. The minimum absolute atomic E-state index is 0.0165. The Kier molecular flexibility index (Phi) is 6.27. The summed E-state index contributed by atoms with van der Waals surface area (Å²) in [6, 6.07) is 7.62. The van der Waals surface area contributed by atoms with Crippen molar-refractivity contribution in [3.8, 4) is 5.75 Å². The van der Waals surface area contributed by atoms with Crippen molar-refractivity contribution in [3.63, 3.8) is 0 Å². The lowest BCUT2D eigenvalue weighted by Gasteiger charge is -2.16. The van der Waals surface area contributed by atoms with Crippen molar-refractivity contribution in [2.24, 2.45) is 0 Å². The monoisotopic (exact) mass is 287 g/mol. The maximum absolute atomic E-state index is 11.8. The van der Waals surface area contributed by atoms with Gasteiger partial charge in [0.15, 0.2) is 0 Å². The fraction of sp³-hybridized carbons (Fsp3) is 0.538. The van der Waals surface area contributed by atoms with Crippen molar-refractivity contribution in [1.82, 2.24) is 4.31 Å². The van der Waals surface area contributed by atoms with Gasteiger partial charge in [-0.2, -0.15) is 0 Å². The van der Waals surface area contributed by atoms with E-state index in [1.165, 1.54) is 11.4 Å². The second-order valence-electron chi connectivity index (χ2n) is 4.23. The molecule has 1 aromatic rings. The van der Waals surface area contributed by atoms with Gasteiger partial charge in [-0.15, -0.1) is 0 Å². The molecule has 5 nitrogen and oxygen atoms in total. The maximum atomic E-state index is 11.8. The molecule has 108 valence electrons. The van der Waals surface area contributed by atoms with Gasteiger partial charge in [0.25, 0.3) is 0 Å². The summed E-state index contributed by atoms with van der Waals surface area (Å²) in [5.74, 6) is 0.813. The molecule has 0 atom stereocenters. The van der Waals surface area contributed by atoms with E-state index in [4.69, 9.17) is 9.47 Å². The van der Waals surface area contributed by atoms with Crippen LogP contribution in [0.2, 0.25) is 0 Å². The van der Waals surface area contributed by atoms with Crippen LogP contribution >= 0.6 is 0 Å². The second-order valence-corrected chi connectivity index (χ2v) is 6.42. The molecule has 0 heterocycles. The fourth-order valence-electron chi connectivity index (χ4n) is 1.56. The summed E-state index contributed by atoms with van der Waals surface area (Å²) in [5, 5.41) is 0. The van der Waals surface area contributed by atoms with Crippen molar-refractivity contribution in [2.75, 3.05) is 40.2 Å². The fourth-order valence-corrected chi connectivity index (χ4v) is 2.62. The third-order valence-electron chi connectivity index (χ3n) is 2.89. The number of benzene rings is 1. The van der Waals surface area contributed by atoms with E-state index in [0.717, 1.165) is 11.3 Å². The van der Waals surface area contributed by atoms with Crippen molar-refractivity contribution in [3.05, 3.63) is 29.8 Å². The Hall–Kier alpha value is -1.11. The highest BCUT2D eigenvalue weighted by Gasteiger charge is 2.16.